The monoisotopic (exact) mass is 539 g/mol. The number of hydrogen-bond acceptors (Lipinski definition) is 0. The van der Waals surface area contributed by atoms with Crippen LogP contribution >= 0.6 is 0 Å². The summed E-state index contributed by atoms with van der Waals surface area (Å²) in [5, 5.41) is 2.56. The second-order valence-electron chi connectivity index (χ2n) is 12.4. The Hall–Kier alpha value is -4.88. The molecule has 1 nitrogen and oxygen atoms in total. The van der Waals surface area contributed by atoms with Gasteiger partial charge in [-0.15, -0.1) is 0 Å². The van der Waals surface area contributed by atoms with Gasteiger partial charge >= 0.3 is 0 Å². The van der Waals surface area contributed by atoms with Crippen LogP contribution in [0, 0.1) is 5.92 Å². The number of nitrogens with one attached hydrogen (secondary N) is 1. The Labute approximate surface area is 247 Å². The molecule has 202 valence electrons. The molecule has 0 fully saturated rings. The molecule has 1 heteroatoms. The predicted molar refractivity (Wildman–Crippen MR) is 179 cm³/mol. The minimum Gasteiger partial charge on any atom is -0.355 e. The average molecular weight is 540 g/mol. The fourth-order valence-corrected chi connectivity index (χ4v) is 7.25. The molecule has 6 aromatic rings. The molecular weight excluding hydrogens is 506 g/mol. The first-order chi connectivity index (χ1) is 20.5. The van der Waals surface area contributed by atoms with Crippen molar-refractivity contribution in [2.75, 3.05) is 0 Å². The second kappa shape index (κ2) is 9.33. The smallest absolute Gasteiger partial charge is 0.0465 e. The normalized spacial score (nSPS) is 17.0. The largest absolute Gasteiger partial charge is 0.355 e. The molecular formula is C41H33N. The lowest BCUT2D eigenvalue weighted by molar-refractivity contribution is 0.411. The van der Waals surface area contributed by atoms with Gasteiger partial charge in [0.2, 0.25) is 0 Å². The maximum absolute atomic E-state index is 4.56. The van der Waals surface area contributed by atoms with E-state index >= 15 is 0 Å². The van der Waals surface area contributed by atoms with Crippen LogP contribution in [0.15, 0.2) is 140 Å². The zero-order valence-electron chi connectivity index (χ0n) is 24.1. The number of aromatic nitrogens is 1. The maximum atomic E-state index is 4.56. The number of rotatable bonds is 4. The van der Waals surface area contributed by atoms with Crippen molar-refractivity contribution in [3.8, 4) is 22.3 Å². The molecule has 42 heavy (non-hydrogen) atoms. The summed E-state index contributed by atoms with van der Waals surface area (Å²) in [6.45, 7) is 9.40. The third-order valence-corrected chi connectivity index (χ3v) is 9.73. The van der Waals surface area contributed by atoms with Crippen LogP contribution < -0.4 is 0 Å². The van der Waals surface area contributed by atoms with Gasteiger partial charge in [0.25, 0.3) is 0 Å². The highest BCUT2D eigenvalue weighted by Crippen LogP contribution is 2.55. The molecule has 0 radical (unpaired) electrons. The van der Waals surface area contributed by atoms with E-state index in [1.165, 1.54) is 71.9 Å². The van der Waals surface area contributed by atoms with E-state index in [2.05, 4.69) is 153 Å². The van der Waals surface area contributed by atoms with Gasteiger partial charge in [0, 0.05) is 21.8 Å². The number of aromatic amines is 1. The van der Waals surface area contributed by atoms with Gasteiger partial charge < -0.3 is 4.98 Å². The molecule has 2 aliphatic rings. The van der Waals surface area contributed by atoms with E-state index < -0.39 is 0 Å². The summed E-state index contributed by atoms with van der Waals surface area (Å²) in [7, 11) is 0. The number of H-pyrrole nitrogens is 1. The zero-order valence-corrected chi connectivity index (χ0v) is 24.1. The van der Waals surface area contributed by atoms with Crippen molar-refractivity contribution >= 4 is 33.0 Å². The summed E-state index contributed by atoms with van der Waals surface area (Å²) in [5.74, 6) is 0.430. The van der Waals surface area contributed by atoms with E-state index in [0.717, 1.165) is 12.0 Å². The fourth-order valence-electron chi connectivity index (χ4n) is 7.25. The van der Waals surface area contributed by atoms with Gasteiger partial charge in [-0.1, -0.05) is 124 Å². The van der Waals surface area contributed by atoms with Crippen molar-refractivity contribution in [2.24, 2.45) is 5.92 Å². The topological polar surface area (TPSA) is 15.8 Å². The van der Waals surface area contributed by atoms with Crippen LogP contribution in [0.3, 0.4) is 0 Å². The first-order valence-electron chi connectivity index (χ1n) is 14.9. The van der Waals surface area contributed by atoms with Crippen LogP contribution in [0.1, 0.15) is 37.0 Å². The van der Waals surface area contributed by atoms with Crippen LogP contribution in [0.25, 0.3) is 55.2 Å². The van der Waals surface area contributed by atoms with Gasteiger partial charge in [-0.2, -0.15) is 0 Å². The summed E-state index contributed by atoms with van der Waals surface area (Å²) in [5.41, 5.74) is 15.4. The first-order valence-corrected chi connectivity index (χ1v) is 14.9. The zero-order chi connectivity index (χ0) is 28.4. The van der Waals surface area contributed by atoms with E-state index in [4.69, 9.17) is 0 Å². The molecule has 1 heterocycles. The molecule has 8 rings (SSSR count). The van der Waals surface area contributed by atoms with E-state index in [1.807, 2.05) is 0 Å². The molecule has 0 amide bonds. The molecule has 0 aliphatic heterocycles. The number of para-hydroxylation sites is 1. The van der Waals surface area contributed by atoms with Gasteiger partial charge in [-0.05, 0) is 97.7 Å². The van der Waals surface area contributed by atoms with Gasteiger partial charge in [0.05, 0.1) is 0 Å². The molecule has 0 saturated heterocycles. The molecule has 2 aliphatic carbocycles. The molecule has 1 unspecified atom stereocenters. The van der Waals surface area contributed by atoms with E-state index in [0.29, 0.717) is 5.92 Å². The van der Waals surface area contributed by atoms with Crippen molar-refractivity contribution in [3.63, 3.8) is 0 Å². The van der Waals surface area contributed by atoms with Crippen molar-refractivity contribution in [1.29, 1.82) is 0 Å². The van der Waals surface area contributed by atoms with Gasteiger partial charge in [-0.25, -0.2) is 0 Å². The Morgan fingerprint density at radius 1 is 0.667 bits per heavy atom. The van der Waals surface area contributed by atoms with Gasteiger partial charge in [0.1, 0.15) is 0 Å². The molecule has 0 saturated carbocycles. The molecule has 5 aromatic carbocycles. The van der Waals surface area contributed by atoms with Gasteiger partial charge in [-0.3, -0.25) is 0 Å². The van der Waals surface area contributed by atoms with E-state index in [1.54, 1.807) is 0 Å². The highest BCUT2D eigenvalue weighted by atomic mass is 14.7. The summed E-state index contributed by atoms with van der Waals surface area (Å²) in [6.07, 6.45) is 5.67. The predicted octanol–water partition coefficient (Wildman–Crippen LogP) is 11.0. The molecule has 1 atom stereocenters. The highest BCUT2D eigenvalue weighted by Gasteiger charge is 2.44. The van der Waals surface area contributed by atoms with Crippen molar-refractivity contribution in [3.05, 3.63) is 156 Å². The lowest BCUT2D eigenvalue weighted by atomic mass is 9.71. The Morgan fingerprint density at radius 3 is 2.17 bits per heavy atom. The van der Waals surface area contributed by atoms with Crippen molar-refractivity contribution in [1.82, 2.24) is 4.98 Å². The van der Waals surface area contributed by atoms with E-state index in [9.17, 15) is 0 Å². The van der Waals surface area contributed by atoms with Gasteiger partial charge in [0.15, 0.2) is 0 Å². The second-order valence-corrected chi connectivity index (χ2v) is 12.4. The molecule has 0 spiro atoms. The Balaban J connectivity index is 1.10. The lowest BCUT2D eigenvalue weighted by Gasteiger charge is -2.32. The third kappa shape index (κ3) is 3.84. The lowest BCUT2D eigenvalue weighted by Crippen LogP contribution is -2.25. The van der Waals surface area contributed by atoms with Crippen LogP contribution in [-0.2, 0) is 5.41 Å². The first kappa shape index (κ1) is 24.9. The number of fused-ring (bicyclic) bond motifs is 6. The average Bonchev–Trinajstić information content (AvgIpc) is 3.52. The van der Waals surface area contributed by atoms with Crippen molar-refractivity contribution in [2.45, 2.75) is 25.7 Å². The molecule has 1 N–H and O–H groups in total. The van der Waals surface area contributed by atoms with Crippen LogP contribution in [0.4, 0.5) is 0 Å². The summed E-state index contributed by atoms with van der Waals surface area (Å²) in [4.78, 5) is 3.56. The summed E-state index contributed by atoms with van der Waals surface area (Å²) in [6, 6.07) is 41.9. The maximum Gasteiger partial charge on any atom is 0.0465 e. The standard InChI is InChI=1S/C41H33N/c1-26(27-13-15-29(16-14-27)28-9-5-4-6-10-28)30-17-20-33-34-21-18-32(25-38(34)41(2,3)37(33)24-30)31-19-22-40-36(23-31)35-11-7-8-12-39(35)42-40/h4-23,25,37,42H,1,24H2,2-3H3. The van der Waals surface area contributed by atoms with E-state index in [-0.39, 0.29) is 5.41 Å². The third-order valence-electron chi connectivity index (χ3n) is 9.73. The summed E-state index contributed by atoms with van der Waals surface area (Å²) >= 11 is 0. The number of allylic oxidation sites excluding steroid dienone is 5. The Bertz CT molecular complexity index is 2080. The minimum atomic E-state index is 0.0268. The fraction of sp³-hybridized carbons (Fsp3) is 0.122. The Kier molecular flexibility index (Phi) is 5.52. The molecule has 1 aromatic heterocycles. The molecule has 0 bridgehead atoms. The minimum absolute atomic E-state index is 0.0268. The highest BCUT2D eigenvalue weighted by molar-refractivity contribution is 6.08. The van der Waals surface area contributed by atoms with Crippen molar-refractivity contribution < 1.29 is 0 Å². The van der Waals surface area contributed by atoms with Crippen LogP contribution in [-0.4, -0.2) is 4.98 Å². The number of benzene rings is 5. The summed E-state index contributed by atoms with van der Waals surface area (Å²) < 4.78 is 0. The SMILES string of the molecule is C=C(C1=CC=C2c3ccc(-c4ccc5[nH]c6ccccc6c5c4)cc3C(C)(C)C2C1)c1ccc(-c2ccccc2)cc1. The Morgan fingerprint density at radius 2 is 1.33 bits per heavy atom. The van der Waals surface area contributed by atoms with Crippen LogP contribution in [0.5, 0.6) is 0 Å². The quantitative estimate of drug-likeness (QED) is 0.229. The number of hydrogen-bond donors (Lipinski definition) is 1. The van der Waals surface area contributed by atoms with Crippen LogP contribution in [0.2, 0.25) is 0 Å².